The number of piperidine rings is 1. The van der Waals surface area contributed by atoms with Crippen molar-refractivity contribution in [2.24, 2.45) is 17.6 Å². The molecular weight excluding hydrogens is 510 g/mol. The molecule has 3 fully saturated rings. The zero-order valence-electron chi connectivity index (χ0n) is 24.4. The van der Waals surface area contributed by atoms with Crippen LogP contribution >= 0.6 is 0 Å². The number of nitrogens with zero attached hydrogens (tertiary/aromatic N) is 1. The highest BCUT2D eigenvalue weighted by Gasteiger charge is 2.41. The Bertz CT molecular complexity index is 1010. The van der Waals surface area contributed by atoms with Crippen molar-refractivity contribution in [3.8, 4) is 17.2 Å². The number of hydrogen-bond acceptors (Lipinski definition) is 6. The molecule has 0 spiro atoms. The van der Waals surface area contributed by atoms with Crippen LogP contribution in [-0.2, 0) is 14.4 Å². The molecule has 2 saturated carbocycles. The van der Waals surface area contributed by atoms with Gasteiger partial charge in [-0.2, -0.15) is 0 Å². The van der Waals surface area contributed by atoms with Gasteiger partial charge in [-0.1, -0.05) is 38.5 Å². The van der Waals surface area contributed by atoms with Gasteiger partial charge in [0.2, 0.25) is 23.5 Å². The van der Waals surface area contributed by atoms with Crippen LogP contribution in [0.25, 0.3) is 0 Å². The summed E-state index contributed by atoms with van der Waals surface area (Å²) in [5.74, 6) is 0.458. The molecule has 3 amide bonds. The van der Waals surface area contributed by atoms with Crippen LogP contribution in [0, 0.1) is 11.8 Å². The van der Waals surface area contributed by atoms with Crippen molar-refractivity contribution in [1.82, 2.24) is 10.2 Å². The molecule has 0 aromatic heterocycles. The van der Waals surface area contributed by atoms with E-state index in [0.717, 1.165) is 82.6 Å². The van der Waals surface area contributed by atoms with Crippen molar-refractivity contribution in [2.45, 2.75) is 101 Å². The van der Waals surface area contributed by atoms with Crippen molar-refractivity contribution in [1.29, 1.82) is 0 Å². The second kappa shape index (κ2) is 14.1. The zero-order valence-corrected chi connectivity index (χ0v) is 24.4. The summed E-state index contributed by atoms with van der Waals surface area (Å²) in [7, 11) is 4.71. The number of benzene rings is 1. The maximum atomic E-state index is 14.5. The molecule has 3 atom stereocenters. The van der Waals surface area contributed by atoms with Crippen LogP contribution in [0.1, 0.15) is 95.0 Å². The van der Waals surface area contributed by atoms with Gasteiger partial charge in [-0.05, 0) is 74.5 Å². The van der Waals surface area contributed by atoms with Crippen LogP contribution in [0.3, 0.4) is 0 Å². The second-order valence-corrected chi connectivity index (χ2v) is 11.7. The number of hydrogen-bond donors (Lipinski definition) is 2. The lowest BCUT2D eigenvalue weighted by molar-refractivity contribution is -0.145. The van der Waals surface area contributed by atoms with Crippen molar-refractivity contribution < 1.29 is 28.6 Å². The van der Waals surface area contributed by atoms with Gasteiger partial charge in [0.15, 0.2) is 11.5 Å². The van der Waals surface area contributed by atoms with E-state index in [4.69, 9.17) is 19.9 Å². The molecule has 1 aliphatic heterocycles. The predicted molar refractivity (Wildman–Crippen MR) is 152 cm³/mol. The minimum atomic E-state index is -0.698. The van der Waals surface area contributed by atoms with Crippen LogP contribution in [0.15, 0.2) is 12.1 Å². The summed E-state index contributed by atoms with van der Waals surface area (Å²) in [4.78, 5) is 42.4. The van der Waals surface area contributed by atoms with Gasteiger partial charge in [0.25, 0.3) is 0 Å². The molecule has 9 nitrogen and oxygen atoms in total. The minimum absolute atomic E-state index is 0.0469. The first kappa shape index (κ1) is 30.0. The van der Waals surface area contributed by atoms with Gasteiger partial charge in [-0.15, -0.1) is 0 Å². The monoisotopic (exact) mass is 557 g/mol. The molecule has 3 N–H and O–H groups in total. The third-order valence-electron chi connectivity index (χ3n) is 9.25. The Morgan fingerprint density at radius 1 is 0.800 bits per heavy atom. The Balaban J connectivity index is 1.64. The number of primary amides is 1. The maximum absolute atomic E-state index is 14.5. The fourth-order valence-corrected chi connectivity index (χ4v) is 7.15. The van der Waals surface area contributed by atoms with E-state index in [9.17, 15) is 14.4 Å². The van der Waals surface area contributed by atoms with Crippen molar-refractivity contribution in [3.05, 3.63) is 17.7 Å². The summed E-state index contributed by atoms with van der Waals surface area (Å²) in [5.41, 5.74) is 6.59. The normalized spacial score (nSPS) is 22.2. The highest BCUT2D eigenvalue weighted by atomic mass is 16.5. The van der Waals surface area contributed by atoms with Crippen LogP contribution in [0.2, 0.25) is 0 Å². The van der Waals surface area contributed by atoms with Crippen LogP contribution in [0.5, 0.6) is 17.2 Å². The first-order chi connectivity index (χ1) is 19.4. The van der Waals surface area contributed by atoms with Crippen molar-refractivity contribution in [2.75, 3.05) is 27.9 Å². The number of carbonyl (C=O) groups is 3. The second-order valence-electron chi connectivity index (χ2n) is 11.7. The molecule has 1 saturated heterocycles. The van der Waals surface area contributed by atoms with Crippen LogP contribution in [-0.4, -0.2) is 62.6 Å². The fraction of sp³-hybridized carbons (Fsp3) is 0.710. The Hall–Kier alpha value is -2.97. The summed E-state index contributed by atoms with van der Waals surface area (Å²) in [6.07, 6.45) is 12.4. The number of rotatable bonds is 10. The quantitative estimate of drug-likeness (QED) is 0.442. The summed E-state index contributed by atoms with van der Waals surface area (Å²) < 4.78 is 16.8. The zero-order chi connectivity index (χ0) is 28.6. The molecule has 40 heavy (non-hydrogen) atoms. The SMILES string of the molecule is COc1cc(C(C(=O)N2CCCC[C@H]2C(=O)NC(C(N)=O)C2CCCCC2)C2CCCCC2)cc(OC)c1OC. The molecule has 0 bridgehead atoms. The van der Waals surface area contributed by atoms with E-state index in [1.54, 1.807) is 26.2 Å². The van der Waals surface area contributed by atoms with Gasteiger partial charge in [-0.3, -0.25) is 14.4 Å². The molecule has 2 aliphatic carbocycles. The summed E-state index contributed by atoms with van der Waals surface area (Å²) in [6.45, 7) is 0.509. The molecule has 2 unspecified atom stereocenters. The van der Waals surface area contributed by atoms with Gasteiger partial charge >= 0.3 is 0 Å². The topological polar surface area (TPSA) is 120 Å². The number of amides is 3. The number of nitrogens with two attached hydrogens (primary N) is 1. The highest BCUT2D eigenvalue weighted by Crippen LogP contribution is 2.45. The summed E-state index contributed by atoms with van der Waals surface area (Å²) in [5, 5.41) is 2.99. The first-order valence-corrected chi connectivity index (χ1v) is 15.1. The number of ether oxygens (including phenoxy) is 3. The minimum Gasteiger partial charge on any atom is -0.493 e. The molecule has 1 aromatic carbocycles. The smallest absolute Gasteiger partial charge is 0.243 e. The summed E-state index contributed by atoms with van der Waals surface area (Å²) >= 11 is 0. The van der Waals surface area contributed by atoms with Crippen LogP contribution in [0.4, 0.5) is 0 Å². The molecule has 3 aliphatic rings. The average molecular weight is 558 g/mol. The number of likely N-dealkylation sites (tertiary alicyclic amines) is 1. The van der Waals surface area contributed by atoms with E-state index in [-0.39, 0.29) is 23.7 Å². The Morgan fingerprint density at radius 3 is 1.88 bits per heavy atom. The molecule has 1 heterocycles. The van der Waals surface area contributed by atoms with E-state index in [2.05, 4.69) is 5.32 Å². The van der Waals surface area contributed by atoms with E-state index >= 15 is 0 Å². The lowest BCUT2D eigenvalue weighted by Gasteiger charge is -2.40. The number of methoxy groups -OCH3 is 3. The molecule has 1 aromatic rings. The lowest BCUT2D eigenvalue weighted by atomic mass is 9.75. The fourth-order valence-electron chi connectivity index (χ4n) is 7.15. The van der Waals surface area contributed by atoms with E-state index in [0.29, 0.717) is 30.2 Å². The van der Waals surface area contributed by atoms with Crippen LogP contribution < -0.4 is 25.3 Å². The first-order valence-electron chi connectivity index (χ1n) is 15.1. The van der Waals surface area contributed by atoms with Gasteiger partial charge < -0.3 is 30.2 Å². The van der Waals surface area contributed by atoms with Gasteiger partial charge in [0.1, 0.15) is 12.1 Å². The molecule has 9 heteroatoms. The third-order valence-corrected chi connectivity index (χ3v) is 9.25. The highest BCUT2D eigenvalue weighted by molar-refractivity contribution is 5.93. The van der Waals surface area contributed by atoms with Gasteiger partial charge in [0.05, 0.1) is 27.2 Å². The largest absolute Gasteiger partial charge is 0.493 e. The molecule has 0 radical (unpaired) electrons. The molecule has 222 valence electrons. The van der Waals surface area contributed by atoms with E-state index in [1.165, 1.54) is 0 Å². The Labute approximate surface area is 238 Å². The third kappa shape index (κ3) is 6.66. The Kier molecular flexibility index (Phi) is 10.6. The van der Waals surface area contributed by atoms with E-state index < -0.39 is 23.9 Å². The van der Waals surface area contributed by atoms with Crippen molar-refractivity contribution >= 4 is 17.7 Å². The maximum Gasteiger partial charge on any atom is 0.243 e. The number of nitrogens with one attached hydrogen (secondary N) is 1. The van der Waals surface area contributed by atoms with E-state index in [1.807, 2.05) is 12.1 Å². The van der Waals surface area contributed by atoms with Crippen molar-refractivity contribution in [3.63, 3.8) is 0 Å². The average Bonchev–Trinajstić information content (AvgIpc) is 3.00. The number of carbonyl (C=O) groups excluding carboxylic acids is 3. The standard InChI is InChI=1S/C31H47N3O6/c1-38-24-18-22(19-25(39-2)28(24)40-3)26(20-12-6-4-7-13-20)31(37)34-17-11-10-16-23(34)30(36)33-27(29(32)35)21-14-8-5-9-15-21/h18-21,23,26-27H,4-17H2,1-3H3,(H2,32,35)(H,33,36)/t23-,26?,27?/m0/s1. The predicted octanol–water partition coefficient (Wildman–Crippen LogP) is 4.31. The summed E-state index contributed by atoms with van der Waals surface area (Å²) in [6, 6.07) is 2.43. The van der Waals surface area contributed by atoms with Gasteiger partial charge in [-0.25, -0.2) is 0 Å². The molecule has 4 rings (SSSR count). The Morgan fingerprint density at radius 2 is 1.35 bits per heavy atom. The molecular formula is C31H47N3O6. The van der Waals surface area contributed by atoms with Gasteiger partial charge in [0, 0.05) is 6.54 Å². The lowest BCUT2D eigenvalue weighted by Crippen LogP contribution is -2.58.